The Bertz CT molecular complexity index is 726. The van der Waals surface area contributed by atoms with Crippen LogP contribution in [-0.4, -0.2) is 14.6 Å². The van der Waals surface area contributed by atoms with Crippen molar-refractivity contribution in [1.29, 1.82) is 10.5 Å². The predicted molar refractivity (Wildman–Crippen MR) is 63.7 cm³/mol. The van der Waals surface area contributed by atoms with Gasteiger partial charge in [0.15, 0.2) is 11.3 Å². The van der Waals surface area contributed by atoms with E-state index >= 15 is 0 Å². The second-order valence-electron chi connectivity index (χ2n) is 5.24. The van der Waals surface area contributed by atoms with Gasteiger partial charge >= 0.3 is 0 Å². The van der Waals surface area contributed by atoms with Crippen LogP contribution in [0.4, 0.5) is 0 Å². The third-order valence-corrected chi connectivity index (χ3v) is 3.51. The second-order valence-corrected chi connectivity index (χ2v) is 5.24. The van der Waals surface area contributed by atoms with Crippen LogP contribution in [0.2, 0.25) is 0 Å². The molecule has 5 heteroatoms. The summed E-state index contributed by atoms with van der Waals surface area (Å²) in [6.45, 7) is 4.19. The molecule has 3 rings (SSSR count). The zero-order chi connectivity index (χ0) is 12.9. The molecule has 0 radical (unpaired) electrons. The van der Waals surface area contributed by atoms with Crippen molar-refractivity contribution in [3.05, 3.63) is 29.2 Å². The van der Waals surface area contributed by atoms with E-state index in [1.165, 1.54) is 0 Å². The zero-order valence-electron chi connectivity index (χ0n) is 10.2. The van der Waals surface area contributed by atoms with Gasteiger partial charge in [0.05, 0.1) is 17.7 Å². The quantitative estimate of drug-likeness (QED) is 0.701. The maximum absolute atomic E-state index is 9.21. The fraction of sp³-hybridized carbons (Fsp3) is 0.385. The van der Waals surface area contributed by atoms with E-state index in [-0.39, 0.29) is 11.3 Å². The molecule has 0 saturated heterocycles. The predicted octanol–water partition coefficient (Wildman–Crippen LogP) is 1.89. The van der Waals surface area contributed by atoms with Crippen LogP contribution in [-0.2, 0) is 5.41 Å². The number of hydrogen-bond donors (Lipinski definition) is 0. The van der Waals surface area contributed by atoms with Crippen molar-refractivity contribution in [2.24, 2.45) is 0 Å². The molecule has 0 bridgehead atoms. The van der Waals surface area contributed by atoms with E-state index in [0.717, 1.165) is 17.7 Å². The smallest absolute Gasteiger partial charge is 0.165 e. The lowest BCUT2D eigenvalue weighted by Gasteiger charge is -2.18. The Balaban J connectivity index is 2.39. The third-order valence-electron chi connectivity index (χ3n) is 3.51. The molecule has 1 atom stereocenters. The van der Waals surface area contributed by atoms with Crippen molar-refractivity contribution in [3.8, 4) is 12.1 Å². The highest BCUT2D eigenvalue weighted by atomic mass is 15.3. The standard InChI is InChI=1S/C13H11N5/c1-13(2)4-8(5-14)10-7-16-11-3-9(6-15)17-18(11)12(10)13/h3,7-8H,4H2,1-2H3. The first-order chi connectivity index (χ1) is 8.56. The Kier molecular flexibility index (Phi) is 1.97. The molecule has 0 aliphatic heterocycles. The summed E-state index contributed by atoms with van der Waals surface area (Å²) in [4.78, 5) is 4.28. The lowest BCUT2D eigenvalue weighted by molar-refractivity contribution is 0.484. The first-order valence-corrected chi connectivity index (χ1v) is 5.76. The van der Waals surface area contributed by atoms with Crippen LogP contribution in [0, 0.1) is 22.7 Å². The van der Waals surface area contributed by atoms with Crippen molar-refractivity contribution in [2.75, 3.05) is 0 Å². The number of rotatable bonds is 0. The normalized spacial score (nSPS) is 20.3. The molecule has 2 heterocycles. The average molecular weight is 237 g/mol. The fourth-order valence-electron chi connectivity index (χ4n) is 2.77. The van der Waals surface area contributed by atoms with Gasteiger partial charge in [0.2, 0.25) is 0 Å². The van der Waals surface area contributed by atoms with Crippen molar-refractivity contribution < 1.29 is 0 Å². The monoisotopic (exact) mass is 237 g/mol. The molecule has 2 aromatic heterocycles. The lowest BCUT2D eigenvalue weighted by Crippen LogP contribution is -2.17. The van der Waals surface area contributed by atoms with Gasteiger partial charge in [-0.25, -0.2) is 9.50 Å². The third kappa shape index (κ3) is 1.25. The second kappa shape index (κ2) is 3.30. The van der Waals surface area contributed by atoms with E-state index in [2.05, 4.69) is 30.0 Å². The van der Waals surface area contributed by atoms with Gasteiger partial charge in [0.25, 0.3) is 0 Å². The van der Waals surface area contributed by atoms with Gasteiger partial charge in [0, 0.05) is 23.2 Å². The van der Waals surface area contributed by atoms with E-state index in [1.54, 1.807) is 16.8 Å². The van der Waals surface area contributed by atoms with Gasteiger partial charge in [-0.1, -0.05) is 13.8 Å². The van der Waals surface area contributed by atoms with Crippen molar-refractivity contribution >= 4 is 5.65 Å². The molecule has 5 nitrogen and oxygen atoms in total. The van der Waals surface area contributed by atoms with Crippen molar-refractivity contribution in [2.45, 2.75) is 31.6 Å². The Morgan fingerprint density at radius 2 is 2.22 bits per heavy atom. The van der Waals surface area contributed by atoms with Crippen molar-refractivity contribution in [1.82, 2.24) is 14.6 Å². The molecule has 0 spiro atoms. The van der Waals surface area contributed by atoms with Crippen LogP contribution in [0.3, 0.4) is 0 Å². The molecule has 0 amide bonds. The molecule has 0 aromatic carbocycles. The first kappa shape index (κ1) is 10.7. The van der Waals surface area contributed by atoms with Gasteiger partial charge in [0.1, 0.15) is 6.07 Å². The maximum Gasteiger partial charge on any atom is 0.165 e. The van der Waals surface area contributed by atoms with E-state index in [1.807, 2.05) is 6.07 Å². The topological polar surface area (TPSA) is 77.8 Å². The summed E-state index contributed by atoms with van der Waals surface area (Å²) < 4.78 is 1.71. The van der Waals surface area contributed by atoms with E-state index in [9.17, 15) is 5.26 Å². The molecule has 0 N–H and O–H groups in total. The van der Waals surface area contributed by atoms with Gasteiger partial charge in [-0.15, -0.1) is 0 Å². The Morgan fingerprint density at radius 1 is 1.44 bits per heavy atom. The summed E-state index contributed by atoms with van der Waals surface area (Å²) in [5.41, 5.74) is 2.82. The van der Waals surface area contributed by atoms with Gasteiger partial charge in [-0.3, -0.25) is 0 Å². The fourth-order valence-corrected chi connectivity index (χ4v) is 2.77. The SMILES string of the molecule is CC1(C)CC(C#N)c2cnc3cc(C#N)nn3c21. The van der Waals surface area contributed by atoms with Crippen molar-refractivity contribution in [3.63, 3.8) is 0 Å². The van der Waals surface area contributed by atoms with E-state index in [4.69, 9.17) is 5.26 Å². The maximum atomic E-state index is 9.21. The summed E-state index contributed by atoms with van der Waals surface area (Å²) in [5, 5.41) is 22.4. The minimum atomic E-state index is -0.137. The molecule has 88 valence electrons. The number of nitrogens with zero attached hydrogens (tertiary/aromatic N) is 5. The Hall–Kier alpha value is -2.40. The molecule has 0 saturated carbocycles. The lowest BCUT2D eigenvalue weighted by atomic mass is 9.89. The van der Waals surface area contributed by atoms with Crippen LogP contribution in [0.5, 0.6) is 0 Å². The Morgan fingerprint density at radius 3 is 2.89 bits per heavy atom. The summed E-state index contributed by atoms with van der Waals surface area (Å²) >= 11 is 0. The minimum absolute atomic E-state index is 0.129. The molecule has 1 aliphatic rings. The minimum Gasteiger partial charge on any atom is -0.237 e. The van der Waals surface area contributed by atoms with Crippen LogP contribution in [0.15, 0.2) is 12.3 Å². The molecule has 18 heavy (non-hydrogen) atoms. The Labute approximate surface area is 104 Å². The highest BCUT2D eigenvalue weighted by molar-refractivity contribution is 5.50. The van der Waals surface area contributed by atoms with Gasteiger partial charge < -0.3 is 0 Å². The van der Waals surface area contributed by atoms with Crippen LogP contribution < -0.4 is 0 Å². The molecular weight excluding hydrogens is 226 g/mol. The van der Waals surface area contributed by atoms with Crippen LogP contribution in [0.1, 0.15) is 43.1 Å². The first-order valence-electron chi connectivity index (χ1n) is 5.76. The number of fused-ring (bicyclic) bond motifs is 3. The summed E-state index contributed by atoms with van der Waals surface area (Å²) in [6.07, 6.45) is 2.51. The van der Waals surface area contributed by atoms with E-state index in [0.29, 0.717) is 11.3 Å². The summed E-state index contributed by atoms with van der Waals surface area (Å²) in [7, 11) is 0. The van der Waals surface area contributed by atoms with Gasteiger partial charge in [-0.05, 0) is 6.42 Å². The highest BCUT2D eigenvalue weighted by Gasteiger charge is 2.40. The molecule has 0 fully saturated rings. The largest absolute Gasteiger partial charge is 0.237 e. The van der Waals surface area contributed by atoms with Crippen LogP contribution in [0.25, 0.3) is 5.65 Å². The summed E-state index contributed by atoms with van der Waals surface area (Å²) in [5.74, 6) is -0.137. The molecule has 1 aliphatic carbocycles. The van der Waals surface area contributed by atoms with Crippen LogP contribution >= 0.6 is 0 Å². The zero-order valence-corrected chi connectivity index (χ0v) is 10.2. The highest BCUT2D eigenvalue weighted by Crippen LogP contribution is 2.44. The summed E-state index contributed by atoms with van der Waals surface area (Å²) in [6, 6.07) is 6.00. The number of nitriles is 2. The molecule has 1 unspecified atom stereocenters. The molecular formula is C13H11N5. The van der Waals surface area contributed by atoms with E-state index < -0.39 is 0 Å². The number of hydrogen-bond acceptors (Lipinski definition) is 4. The van der Waals surface area contributed by atoms with Gasteiger partial charge in [-0.2, -0.15) is 15.6 Å². The molecule has 2 aromatic rings. The average Bonchev–Trinajstić information content (AvgIpc) is 2.87. The number of aromatic nitrogens is 3.